The Morgan fingerprint density at radius 3 is 2.44 bits per heavy atom. The topological polar surface area (TPSA) is 65.5 Å². The second kappa shape index (κ2) is 10.1. The zero-order chi connectivity index (χ0) is 17.9. The largest absolute Gasteiger partial charge is 0.357 e. The molecule has 0 aliphatic heterocycles. The molecule has 2 rings (SSSR count). The summed E-state index contributed by atoms with van der Waals surface area (Å²) in [5.41, 5.74) is 1.78. The van der Waals surface area contributed by atoms with E-state index in [4.69, 9.17) is 0 Å². The van der Waals surface area contributed by atoms with E-state index in [1.165, 1.54) is 12.1 Å². The third-order valence-electron chi connectivity index (χ3n) is 3.40. The van der Waals surface area contributed by atoms with E-state index in [1.807, 2.05) is 37.3 Å². The molecule has 6 heteroatoms. The zero-order valence-electron chi connectivity index (χ0n) is 14.3. The number of carbonyl (C=O) groups is 1. The fourth-order valence-corrected chi connectivity index (χ4v) is 2.19. The first kappa shape index (κ1) is 18.4. The minimum absolute atomic E-state index is 0.0285. The van der Waals surface area contributed by atoms with Crippen LogP contribution in [0.5, 0.6) is 0 Å². The van der Waals surface area contributed by atoms with Crippen molar-refractivity contribution >= 4 is 17.6 Å². The second-order valence-electron chi connectivity index (χ2n) is 5.41. The Bertz CT molecular complexity index is 686. The molecule has 5 nitrogen and oxygen atoms in total. The molecule has 0 aliphatic rings. The van der Waals surface area contributed by atoms with Crippen molar-refractivity contribution in [2.45, 2.75) is 13.3 Å². The van der Waals surface area contributed by atoms with Crippen LogP contribution < -0.4 is 16.0 Å². The lowest BCUT2D eigenvalue weighted by molar-refractivity contribution is -0.114. The minimum Gasteiger partial charge on any atom is -0.357 e. The maximum Gasteiger partial charge on any atom is 0.246 e. The minimum atomic E-state index is -0.240. The number of para-hydroxylation sites is 1. The summed E-state index contributed by atoms with van der Waals surface area (Å²) in [4.78, 5) is 16.2. The predicted octanol–water partition coefficient (Wildman–Crippen LogP) is 2.56. The molecule has 25 heavy (non-hydrogen) atoms. The van der Waals surface area contributed by atoms with Crippen LogP contribution in [0.1, 0.15) is 12.5 Å². The molecule has 0 radical (unpaired) electrons. The molecule has 1 amide bonds. The summed E-state index contributed by atoms with van der Waals surface area (Å²) >= 11 is 0. The lowest BCUT2D eigenvalue weighted by Crippen LogP contribution is -2.39. The Hall–Kier alpha value is -2.89. The highest BCUT2D eigenvalue weighted by Crippen LogP contribution is 2.04. The van der Waals surface area contributed by atoms with Crippen LogP contribution in [0.2, 0.25) is 0 Å². The van der Waals surface area contributed by atoms with Crippen LogP contribution in [0.25, 0.3) is 0 Å². The standard InChI is InChI=1S/C19H23FN4O/c1-2-21-19(22-13-12-15-8-10-16(20)11-9-15)23-14-18(25)24-17-6-4-3-5-7-17/h3-11H,2,12-14H2,1H3,(H,24,25)(H2,21,22,23). The van der Waals surface area contributed by atoms with Crippen molar-refractivity contribution < 1.29 is 9.18 Å². The molecule has 0 fully saturated rings. The third kappa shape index (κ3) is 7.03. The molecule has 3 N–H and O–H groups in total. The smallest absolute Gasteiger partial charge is 0.246 e. The number of amides is 1. The highest BCUT2D eigenvalue weighted by molar-refractivity contribution is 5.94. The number of nitrogens with one attached hydrogen (secondary N) is 3. The van der Waals surface area contributed by atoms with Gasteiger partial charge in [-0.3, -0.25) is 4.79 Å². The van der Waals surface area contributed by atoms with Gasteiger partial charge in [-0.1, -0.05) is 30.3 Å². The maximum absolute atomic E-state index is 12.9. The van der Waals surface area contributed by atoms with Gasteiger partial charge in [0, 0.05) is 18.8 Å². The van der Waals surface area contributed by atoms with Gasteiger partial charge < -0.3 is 16.0 Å². The summed E-state index contributed by atoms with van der Waals surface area (Å²) < 4.78 is 12.9. The van der Waals surface area contributed by atoms with E-state index in [-0.39, 0.29) is 18.3 Å². The lowest BCUT2D eigenvalue weighted by Gasteiger charge is -2.11. The van der Waals surface area contributed by atoms with E-state index in [0.29, 0.717) is 19.0 Å². The first-order chi connectivity index (χ1) is 12.2. The molecule has 2 aromatic rings. The monoisotopic (exact) mass is 342 g/mol. The Balaban J connectivity index is 1.80. The molecule has 0 atom stereocenters. The molecule has 0 spiro atoms. The Kier molecular flexibility index (Phi) is 7.43. The number of anilines is 1. The average Bonchev–Trinajstić information content (AvgIpc) is 2.62. The van der Waals surface area contributed by atoms with Crippen molar-refractivity contribution in [3.63, 3.8) is 0 Å². The van der Waals surface area contributed by atoms with Crippen molar-refractivity contribution in [3.05, 3.63) is 66.0 Å². The molecule has 0 saturated heterocycles. The van der Waals surface area contributed by atoms with E-state index in [2.05, 4.69) is 20.9 Å². The number of hydrogen-bond donors (Lipinski definition) is 3. The summed E-state index contributed by atoms with van der Waals surface area (Å²) in [5.74, 6) is 0.158. The van der Waals surface area contributed by atoms with Crippen molar-refractivity contribution in [2.24, 2.45) is 4.99 Å². The second-order valence-corrected chi connectivity index (χ2v) is 5.41. The van der Waals surface area contributed by atoms with Crippen molar-refractivity contribution in [1.29, 1.82) is 0 Å². The highest BCUT2D eigenvalue weighted by atomic mass is 19.1. The van der Waals surface area contributed by atoms with Gasteiger partial charge in [-0.25, -0.2) is 9.38 Å². The van der Waals surface area contributed by atoms with Gasteiger partial charge in [-0.15, -0.1) is 0 Å². The van der Waals surface area contributed by atoms with Gasteiger partial charge in [0.1, 0.15) is 12.4 Å². The van der Waals surface area contributed by atoms with Gasteiger partial charge in [0.05, 0.1) is 0 Å². The number of benzene rings is 2. The highest BCUT2D eigenvalue weighted by Gasteiger charge is 2.03. The Labute approximate surface area is 147 Å². The van der Waals surface area contributed by atoms with Crippen LogP contribution in [0.4, 0.5) is 10.1 Å². The number of rotatable bonds is 7. The predicted molar refractivity (Wildman–Crippen MR) is 99.2 cm³/mol. The van der Waals surface area contributed by atoms with Crippen molar-refractivity contribution in [3.8, 4) is 0 Å². The van der Waals surface area contributed by atoms with E-state index >= 15 is 0 Å². The normalized spacial score (nSPS) is 11.0. The summed E-state index contributed by atoms with van der Waals surface area (Å²) in [6.07, 6.45) is 0.737. The Morgan fingerprint density at radius 2 is 1.76 bits per heavy atom. The fourth-order valence-electron chi connectivity index (χ4n) is 2.19. The van der Waals surface area contributed by atoms with Gasteiger partial charge in [0.2, 0.25) is 5.91 Å². The Morgan fingerprint density at radius 1 is 1.04 bits per heavy atom. The van der Waals surface area contributed by atoms with Gasteiger partial charge in [-0.2, -0.15) is 0 Å². The lowest BCUT2D eigenvalue weighted by atomic mass is 10.1. The zero-order valence-corrected chi connectivity index (χ0v) is 14.3. The van der Waals surface area contributed by atoms with E-state index in [0.717, 1.165) is 17.7 Å². The number of halogens is 1. The molecule has 0 aliphatic carbocycles. The number of hydrogen-bond acceptors (Lipinski definition) is 2. The molecular formula is C19H23FN4O. The molecule has 2 aromatic carbocycles. The fraction of sp³-hybridized carbons (Fsp3) is 0.263. The van der Waals surface area contributed by atoms with Crippen LogP contribution in [-0.4, -0.2) is 31.5 Å². The average molecular weight is 342 g/mol. The van der Waals surface area contributed by atoms with E-state index in [1.54, 1.807) is 12.1 Å². The molecule has 0 unspecified atom stereocenters. The number of guanidine groups is 1. The summed E-state index contributed by atoms with van der Waals surface area (Å²) in [6, 6.07) is 15.7. The third-order valence-corrected chi connectivity index (χ3v) is 3.40. The first-order valence-electron chi connectivity index (χ1n) is 8.29. The van der Waals surface area contributed by atoms with Crippen LogP contribution >= 0.6 is 0 Å². The SMILES string of the molecule is CCNC(=NCC(=O)Nc1ccccc1)NCCc1ccc(F)cc1. The summed E-state index contributed by atoms with van der Waals surface area (Å²) in [7, 11) is 0. The molecular weight excluding hydrogens is 319 g/mol. The van der Waals surface area contributed by atoms with E-state index < -0.39 is 0 Å². The molecule has 0 heterocycles. The molecule has 0 saturated carbocycles. The van der Waals surface area contributed by atoms with Crippen LogP contribution in [-0.2, 0) is 11.2 Å². The van der Waals surface area contributed by atoms with E-state index in [9.17, 15) is 9.18 Å². The van der Waals surface area contributed by atoms with Gasteiger partial charge in [0.25, 0.3) is 0 Å². The van der Waals surface area contributed by atoms with Gasteiger partial charge in [0.15, 0.2) is 5.96 Å². The number of carbonyl (C=O) groups excluding carboxylic acids is 1. The number of nitrogens with zero attached hydrogens (tertiary/aromatic N) is 1. The quantitative estimate of drug-likeness (QED) is 0.535. The maximum atomic E-state index is 12.9. The van der Waals surface area contributed by atoms with Gasteiger partial charge in [-0.05, 0) is 43.2 Å². The number of aliphatic imine (C=N–C) groups is 1. The van der Waals surface area contributed by atoms with Gasteiger partial charge >= 0.3 is 0 Å². The molecule has 132 valence electrons. The van der Waals surface area contributed by atoms with Crippen LogP contribution in [0.3, 0.4) is 0 Å². The molecule has 0 bridgehead atoms. The summed E-state index contributed by atoms with van der Waals surface area (Å²) in [6.45, 7) is 3.32. The van der Waals surface area contributed by atoms with Crippen molar-refractivity contribution in [1.82, 2.24) is 10.6 Å². The van der Waals surface area contributed by atoms with Crippen LogP contribution in [0.15, 0.2) is 59.6 Å². The first-order valence-corrected chi connectivity index (χ1v) is 8.29. The van der Waals surface area contributed by atoms with Crippen molar-refractivity contribution in [2.75, 3.05) is 25.0 Å². The van der Waals surface area contributed by atoms with Crippen LogP contribution in [0, 0.1) is 5.82 Å². The summed E-state index contributed by atoms with van der Waals surface area (Å²) in [5, 5.41) is 9.05. The molecule has 0 aromatic heterocycles.